The van der Waals surface area contributed by atoms with Crippen molar-refractivity contribution in [2.24, 2.45) is 0 Å². The average Bonchev–Trinajstić information content (AvgIpc) is 2.54. The van der Waals surface area contributed by atoms with E-state index in [1.165, 1.54) is 13.8 Å². The van der Waals surface area contributed by atoms with Gasteiger partial charge in [0.1, 0.15) is 0 Å². The van der Waals surface area contributed by atoms with Crippen LogP contribution in [0.25, 0.3) is 0 Å². The van der Waals surface area contributed by atoms with E-state index in [-0.39, 0.29) is 0 Å². The Balaban J connectivity index is 5.77. The van der Waals surface area contributed by atoms with Crippen LogP contribution in [0.4, 0.5) is 30.7 Å². The molecular weight excluding hydrogens is 471 g/mol. The van der Waals surface area contributed by atoms with E-state index in [1.807, 2.05) is 0 Å². The lowest BCUT2D eigenvalue weighted by atomic mass is 10.1. The van der Waals surface area contributed by atoms with E-state index in [9.17, 15) is 53.3 Å². The van der Waals surface area contributed by atoms with Crippen molar-refractivity contribution in [1.29, 1.82) is 0 Å². The maximum atomic E-state index is 13.6. The van der Waals surface area contributed by atoms with Crippen molar-refractivity contribution < 1.29 is 62.8 Å². The molecule has 0 aliphatic rings. The number of amides is 1. The third-order valence-electron chi connectivity index (χ3n) is 3.36. The molecule has 0 fully saturated rings. The molecule has 0 aromatic rings. The molecular formula is C15H19F7NO7S-. The second kappa shape index (κ2) is 9.68. The fourth-order valence-corrected chi connectivity index (χ4v) is 2.29. The second-order valence-corrected chi connectivity index (χ2v) is 7.96. The van der Waals surface area contributed by atoms with E-state index in [1.54, 1.807) is 5.32 Å². The minimum Gasteiger partial charge on any atom is -0.743 e. The minimum atomic E-state index is -6.80. The van der Waals surface area contributed by atoms with Gasteiger partial charge in [-0.25, -0.2) is 13.2 Å². The van der Waals surface area contributed by atoms with Crippen molar-refractivity contribution in [1.82, 2.24) is 5.32 Å². The van der Waals surface area contributed by atoms with Crippen LogP contribution in [-0.4, -0.2) is 60.6 Å². The van der Waals surface area contributed by atoms with Crippen LogP contribution in [0.2, 0.25) is 0 Å². The molecule has 0 saturated heterocycles. The van der Waals surface area contributed by atoms with Crippen molar-refractivity contribution in [3.63, 3.8) is 0 Å². The summed E-state index contributed by atoms with van der Waals surface area (Å²) in [5.41, 5.74) is -0.596. The van der Waals surface area contributed by atoms with Gasteiger partial charge < -0.3 is 19.3 Å². The van der Waals surface area contributed by atoms with Crippen molar-refractivity contribution in [3.8, 4) is 0 Å². The maximum Gasteiger partial charge on any atom is 0.466 e. The maximum absolute atomic E-state index is 13.6. The summed E-state index contributed by atoms with van der Waals surface area (Å²) in [7, 11) is -6.80. The highest BCUT2D eigenvalue weighted by atomic mass is 32.2. The summed E-state index contributed by atoms with van der Waals surface area (Å²) in [4.78, 5) is 23.7. The molecule has 1 amide bonds. The Bertz CT molecular complexity index is 796. The van der Waals surface area contributed by atoms with Gasteiger partial charge >= 0.3 is 35.0 Å². The van der Waals surface area contributed by atoms with E-state index in [0.717, 1.165) is 6.92 Å². The molecule has 0 aromatic heterocycles. The molecule has 31 heavy (non-hydrogen) atoms. The number of hydrogen-bond donors (Lipinski definition) is 1. The minimum absolute atomic E-state index is 0.596. The number of carbonyl (C=O) groups excluding carboxylic acids is 2. The molecule has 0 saturated carbocycles. The van der Waals surface area contributed by atoms with Gasteiger partial charge in [-0.2, -0.15) is 30.7 Å². The summed E-state index contributed by atoms with van der Waals surface area (Å²) >= 11 is 0. The van der Waals surface area contributed by atoms with Crippen molar-refractivity contribution in [2.75, 3.05) is 6.61 Å². The predicted molar refractivity (Wildman–Crippen MR) is 87.7 cm³/mol. The van der Waals surface area contributed by atoms with E-state index in [2.05, 4.69) is 16.1 Å². The average molecular weight is 490 g/mol. The third-order valence-corrected chi connectivity index (χ3v) is 4.28. The van der Waals surface area contributed by atoms with Crippen LogP contribution in [0.5, 0.6) is 0 Å². The fraction of sp³-hybridized carbons (Fsp3) is 0.733. The first kappa shape index (κ1) is 29.1. The van der Waals surface area contributed by atoms with Crippen LogP contribution in [-0.2, 0) is 29.2 Å². The molecule has 0 spiro atoms. The predicted octanol–water partition coefficient (Wildman–Crippen LogP) is 2.46. The number of hydrogen-bond acceptors (Lipinski definition) is 7. The Kier molecular flexibility index (Phi) is 9.08. The zero-order valence-corrected chi connectivity index (χ0v) is 17.1. The molecule has 16 heteroatoms. The van der Waals surface area contributed by atoms with Crippen LogP contribution >= 0.6 is 0 Å². The molecule has 1 atom stereocenters. The first-order valence-electron chi connectivity index (χ1n) is 8.24. The van der Waals surface area contributed by atoms with Crippen molar-refractivity contribution in [3.05, 3.63) is 12.2 Å². The standard InChI is InChI=1S/C15H20F7NO7S/c1-8(2)10(24)30-13(14(18,19)20,11(25)23-9(3)4)29-7-5-6-12(16,17)15(21,22)31(26,27)28/h9H,1,5-7H2,2-4H3,(H,23,25)(H,26,27,28)/p-1. The monoisotopic (exact) mass is 490 g/mol. The van der Waals surface area contributed by atoms with Crippen molar-refractivity contribution >= 4 is 22.0 Å². The summed E-state index contributed by atoms with van der Waals surface area (Å²) in [6.45, 7) is 4.88. The van der Waals surface area contributed by atoms with Gasteiger partial charge in [0.2, 0.25) is 0 Å². The third kappa shape index (κ3) is 6.77. The number of alkyl halides is 7. The summed E-state index contributed by atoms with van der Waals surface area (Å²) < 4.78 is 133. The van der Waals surface area contributed by atoms with Gasteiger partial charge in [0.15, 0.2) is 10.1 Å². The molecule has 0 aliphatic carbocycles. The molecule has 0 aliphatic heterocycles. The number of carbonyl (C=O) groups is 2. The van der Waals surface area contributed by atoms with Gasteiger partial charge in [0, 0.05) is 18.0 Å². The van der Waals surface area contributed by atoms with Crippen molar-refractivity contribution in [2.45, 2.75) is 62.8 Å². The lowest BCUT2D eigenvalue weighted by Gasteiger charge is -2.34. The van der Waals surface area contributed by atoms with Gasteiger partial charge in [-0.15, -0.1) is 0 Å². The van der Waals surface area contributed by atoms with Gasteiger partial charge in [-0.1, -0.05) is 6.58 Å². The SMILES string of the molecule is C=C(C)C(=O)OC(OCCCC(F)(F)C(F)(F)S(=O)(=O)[O-])(C(=O)NC(C)C)C(F)(F)F. The molecule has 0 heterocycles. The number of nitrogens with one attached hydrogen (secondary N) is 1. The Morgan fingerprint density at radius 3 is 1.94 bits per heavy atom. The number of halogens is 7. The highest BCUT2D eigenvalue weighted by Gasteiger charge is 2.66. The Labute approximate surface area is 172 Å². The largest absolute Gasteiger partial charge is 0.743 e. The Morgan fingerprint density at radius 1 is 1.10 bits per heavy atom. The van der Waals surface area contributed by atoms with Crippen LogP contribution in [0, 0.1) is 0 Å². The normalized spacial score (nSPS) is 15.4. The first-order valence-corrected chi connectivity index (χ1v) is 9.65. The van der Waals surface area contributed by atoms with Gasteiger partial charge in [-0.3, -0.25) is 4.79 Å². The highest BCUT2D eigenvalue weighted by Crippen LogP contribution is 2.42. The Hall–Kier alpha value is -1.94. The zero-order chi connectivity index (χ0) is 25.1. The summed E-state index contributed by atoms with van der Waals surface area (Å²) in [6, 6.07) is -0.938. The molecule has 182 valence electrons. The number of ether oxygens (including phenoxy) is 2. The number of rotatable bonds is 11. The van der Waals surface area contributed by atoms with Crippen LogP contribution in [0.15, 0.2) is 12.2 Å². The van der Waals surface area contributed by atoms with Gasteiger partial charge in [0.25, 0.3) is 0 Å². The van der Waals surface area contributed by atoms with Gasteiger partial charge in [-0.05, 0) is 27.2 Å². The molecule has 0 bridgehead atoms. The molecule has 8 nitrogen and oxygen atoms in total. The summed E-state index contributed by atoms with van der Waals surface area (Å²) in [5, 5.41) is -4.30. The van der Waals surface area contributed by atoms with Gasteiger partial charge in [0.05, 0.1) is 6.61 Å². The van der Waals surface area contributed by atoms with E-state index in [0.29, 0.717) is 0 Å². The fourth-order valence-electron chi connectivity index (χ4n) is 1.82. The first-order chi connectivity index (χ1) is 13.6. The molecule has 1 N–H and O–H groups in total. The summed E-state index contributed by atoms with van der Waals surface area (Å²) in [5.74, 6) is -13.6. The van der Waals surface area contributed by atoms with E-state index in [4.69, 9.17) is 0 Å². The highest BCUT2D eigenvalue weighted by molar-refractivity contribution is 7.86. The molecule has 0 aromatic carbocycles. The lowest BCUT2D eigenvalue weighted by molar-refractivity contribution is -0.347. The van der Waals surface area contributed by atoms with Crippen LogP contribution < -0.4 is 5.32 Å². The lowest BCUT2D eigenvalue weighted by Crippen LogP contribution is -2.62. The van der Waals surface area contributed by atoms with E-state index < -0.39 is 76.2 Å². The van der Waals surface area contributed by atoms with E-state index >= 15 is 0 Å². The molecule has 0 radical (unpaired) electrons. The number of esters is 1. The summed E-state index contributed by atoms with van der Waals surface area (Å²) in [6.07, 6.45) is -9.27. The molecule has 0 rings (SSSR count). The second-order valence-electron chi connectivity index (χ2n) is 6.54. The van der Waals surface area contributed by atoms with Crippen LogP contribution in [0.3, 0.4) is 0 Å². The topological polar surface area (TPSA) is 122 Å². The Morgan fingerprint density at radius 2 is 1.58 bits per heavy atom. The van der Waals surface area contributed by atoms with Crippen LogP contribution in [0.1, 0.15) is 33.6 Å². The molecule has 1 unspecified atom stereocenters. The zero-order valence-electron chi connectivity index (χ0n) is 16.3. The quantitative estimate of drug-likeness (QED) is 0.118. The smallest absolute Gasteiger partial charge is 0.466 e.